The first-order chi connectivity index (χ1) is 18.6. The minimum absolute atomic E-state index is 0.0475. The molecule has 0 aliphatic rings. The molecule has 0 spiro atoms. The number of para-hydroxylation sites is 1. The van der Waals surface area contributed by atoms with E-state index in [1.807, 2.05) is 61.5 Å². The summed E-state index contributed by atoms with van der Waals surface area (Å²) in [6, 6.07) is 21.1. The number of carbonyl (C=O) groups excluding carboxylic acids is 2. The molecule has 3 aromatic rings. The number of carbonyl (C=O) groups is 2. The Balaban J connectivity index is 2.04. The van der Waals surface area contributed by atoms with Gasteiger partial charge in [0.05, 0.1) is 11.9 Å². The maximum Gasteiger partial charge on any atom is 0.244 e. The van der Waals surface area contributed by atoms with Gasteiger partial charge in [-0.3, -0.25) is 13.9 Å². The molecule has 7 nitrogen and oxygen atoms in total. The molecule has 0 saturated carbocycles. The minimum Gasteiger partial charge on any atom is -0.354 e. The van der Waals surface area contributed by atoms with Gasteiger partial charge in [0.15, 0.2) is 0 Å². The van der Waals surface area contributed by atoms with Crippen LogP contribution in [0.15, 0.2) is 83.3 Å². The van der Waals surface area contributed by atoms with E-state index in [4.69, 9.17) is 0 Å². The Bertz CT molecular complexity index is 1370. The van der Waals surface area contributed by atoms with Crippen molar-refractivity contribution in [2.45, 2.75) is 38.8 Å². The number of nitrogens with one attached hydrogen (secondary N) is 1. The number of nitrogens with zero attached hydrogens (tertiary/aromatic N) is 2. The van der Waals surface area contributed by atoms with E-state index in [-0.39, 0.29) is 24.6 Å². The van der Waals surface area contributed by atoms with Crippen LogP contribution in [0.4, 0.5) is 10.1 Å². The summed E-state index contributed by atoms with van der Waals surface area (Å²) < 4.78 is 41.6. The van der Waals surface area contributed by atoms with E-state index in [1.54, 1.807) is 0 Å². The molecule has 1 N–H and O–H groups in total. The quantitative estimate of drug-likeness (QED) is 0.276. The van der Waals surface area contributed by atoms with Crippen molar-refractivity contribution in [3.8, 4) is 0 Å². The number of halogens is 2. The maximum atomic E-state index is 14.7. The monoisotopic (exact) mass is 617 g/mol. The lowest BCUT2D eigenvalue weighted by atomic mass is 10.0. The van der Waals surface area contributed by atoms with Gasteiger partial charge in [-0.1, -0.05) is 83.9 Å². The minimum atomic E-state index is -4.03. The Morgan fingerprint density at radius 2 is 1.64 bits per heavy atom. The second kappa shape index (κ2) is 14.2. The molecule has 2 amide bonds. The fourth-order valence-corrected chi connectivity index (χ4v) is 5.44. The SMILES string of the molecule is CCCCNC(=O)C(Cc1ccccc1)N(Cc1cccc(Br)c1)C(=O)CN(c1ccccc1F)S(C)(=O)=O. The second-order valence-corrected chi connectivity index (χ2v) is 12.0. The predicted molar refractivity (Wildman–Crippen MR) is 155 cm³/mol. The van der Waals surface area contributed by atoms with Crippen LogP contribution in [-0.2, 0) is 32.6 Å². The maximum absolute atomic E-state index is 14.7. The number of hydrogen-bond donors (Lipinski definition) is 1. The molecular weight excluding hydrogens is 585 g/mol. The van der Waals surface area contributed by atoms with Crippen LogP contribution < -0.4 is 9.62 Å². The first-order valence-corrected chi connectivity index (χ1v) is 15.3. The van der Waals surface area contributed by atoms with Crippen molar-refractivity contribution in [2.75, 3.05) is 23.7 Å². The van der Waals surface area contributed by atoms with Crippen molar-refractivity contribution in [1.29, 1.82) is 0 Å². The predicted octanol–water partition coefficient (Wildman–Crippen LogP) is 4.91. The topological polar surface area (TPSA) is 86.8 Å². The van der Waals surface area contributed by atoms with Crippen LogP contribution in [0.3, 0.4) is 0 Å². The first-order valence-electron chi connectivity index (χ1n) is 12.7. The number of sulfonamides is 1. The molecule has 0 aliphatic heterocycles. The molecule has 0 heterocycles. The lowest BCUT2D eigenvalue weighted by Crippen LogP contribution is -2.53. The van der Waals surface area contributed by atoms with Gasteiger partial charge in [0.1, 0.15) is 18.4 Å². The van der Waals surface area contributed by atoms with E-state index in [1.165, 1.54) is 23.1 Å². The highest BCUT2D eigenvalue weighted by Crippen LogP contribution is 2.23. The number of unbranched alkanes of at least 4 members (excludes halogenated alkanes) is 1. The van der Waals surface area contributed by atoms with Crippen molar-refractivity contribution in [1.82, 2.24) is 10.2 Å². The fourth-order valence-electron chi connectivity index (χ4n) is 4.14. The highest BCUT2D eigenvalue weighted by molar-refractivity contribution is 9.10. The molecule has 0 saturated heterocycles. The summed E-state index contributed by atoms with van der Waals surface area (Å²) >= 11 is 3.44. The van der Waals surface area contributed by atoms with Gasteiger partial charge < -0.3 is 10.2 Å². The van der Waals surface area contributed by atoms with Crippen molar-refractivity contribution in [3.63, 3.8) is 0 Å². The Morgan fingerprint density at radius 3 is 2.28 bits per heavy atom. The summed E-state index contributed by atoms with van der Waals surface area (Å²) in [5, 5.41) is 2.93. The third kappa shape index (κ3) is 8.90. The average Bonchev–Trinajstić information content (AvgIpc) is 2.90. The fraction of sp³-hybridized carbons (Fsp3) is 0.310. The van der Waals surface area contributed by atoms with Crippen molar-refractivity contribution in [3.05, 3.63) is 100 Å². The molecule has 0 radical (unpaired) electrons. The number of hydrogen-bond acceptors (Lipinski definition) is 4. The smallest absolute Gasteiger partial charge is 0.244 e. The zero-order valence-corrected chi connectivity index (χ0v) is 24.4. The van der Waals surface area contributed by atoms with Crippen LogP contribution in [0.2, 0.25) is 0 Å². The van der Waals surface area contributed by atoms with E-state index in [2.05, 4.69) is 21.2 Å². The number of amides is 2. The van der Waals surface area contributed by atoms with Crippen LogP contribution in [0.5, 0.6) is 0 Å². The van der Waals surface area contributed by atoms with Gasteiger partial charge in [0, 0.05) is 24.0 Å². The zero-order valence-electron chi connectivity index (χ0n) is 22.0. The Kier molecular flexibility index (Phi) is 11.1. The summed E-state index contributed by atoms with van der Waals surface area (Å²) in [5.41, 5.74) is 1.35. The van der Waals surface area contributed by atoms with Gasteiger partial charge in [-0.25, -0.2) is 12.8 Å². The summed E-state index contributed by atoms with van der Waals surface area (Å²) in [4.78, 5) is 28.9. The Hall–Kier alpha value is -3.24. The third-order valence-corrected chi connectivity index (χ3v) is 7.76. The molecule has 0 fully saturated rings. The van der Waals surface area contributed by atoms with Gasteiger partial charge in [0.2, 0.25) is 21.8 Å². The molecule has 10 heteroatoms. The molecule has 39 heavy (non-hydrogen) atoms. The molecule has 0 aliphatic carbocycles. The highest BCUT2D eigenvalue weighted by atomic mass is 79.9. The van der Waals surface area contributed by atoms with E-state index < -0.39 is 34.3 Å². The molecule has 3 rings (SSSR count). The third-order valence-electron chi connectivity index (χ3n) is 6.14. The van der Waals surface area contributed by atoms with Gasteiger partial charge >= 0.3 is 0 Å². The Morgan fingerprint density at radius 1 is 0.974 bits per heavy atom. The molecule has 208 valence electrons. The van der Waals surface area contributed by atoms with Crippen molar-refractivity contribution >= 4 is 43.5 Å². The van der Waals surface area contributed by atoms with Crippen LogP contribution in [0.1, 0.15) is 30.9 Å². The largest absolute Gasteiger partial charge is 0.354 e. The standard InChI is InChI=1S/C29H33BrFN3O4S/c1-3-4-17-32-29(36)27(19-22-11-6-5-7-12-22)33(20-23-13-10-14-24(30)18-23)28(35)21-34(39(2,37)38)26-16-9-8-15-25(26)31/h5-16,18,27H,3-4,17,19-21H2,1-2H3,(H,32,36). The molecule has 3 aromatic carbocycles. The zero-order chi connectivity index (χ0) is 28.4. The highest BCUT2D eigenvalue weighted by Gasteiger charge is 2.33. The molecular formula is C29H33BrFN3O4S. The number of benzene rings is 3. The Labute approximate surface area is 238 Å². The van der Waals surface area contributed by atoms with Crippen LogP contribution in [0, 0.1) is 5.82 Å². The van der Waals surface area contributed by atoms with E-state index in [9.17, 15) is 22.4 Å². The van der Waals surface area contributed by atoms with Gasteiger partial charge in [-0.2, -0.15) is 0 Å². The summed E-state index contributed by atoms with van der Waals surface area (Å²) in [5.74, 6) is -1.74. The van der Waals surface area contributed by atoms with Gasteiger partial charge in [-0.15, -0.1) is 0 Å². The normalized spacial score (nSPS) is 12.0. The molecule has 0 bridgehead atoms. The van der Waals surface area contributed by atoms with E-state index >= 15 is 0 Å². The lowest BCUT2D eigenvalue weighted by Gasteiger charge is -2.33. The van der Waals surface area contributed by atoms with Gasteiger partial charge in [-0.05, 0) is 41.8 Å². The van der Waals surface area contributed by atoms with Crippen molar-refractivity contribution in [2.24, 2.45) is 0 Å². The van der Waals surface area contributed by atoms with Gasteiger partial charge in [0.25, 0.3) is 0 Å². The molecule has 0 aromatic heterocycles. The second-order valence-electron chi connectivity index (χ2n) is 9.22. The van der Waals surface area contributed by atoms with E-state index in [0.29, 0.717) is 6.54 Å². The first kappa shape index (κ1) is 30.3. The lowest BCUT2D eigenvalue weighted by molar-refractivity contribution is -0.140. The van der Waals surface area contributed by atoms with E-state index in [0.717, 1.165) is 45.1 Å². The summed E-state index contributed by atoms with van der Waals surface area (Å²) in [6.45, 7) is 1.84. The van der Waals surface area contributed by atoms with Crippen LogP contribution >= 0.6 is 15.9 Å². The summed E-state index contributed by atoms with van der Waals surface area (Å²) in [7, 11) is -4.03. The van der Waals surface area contributed by atoms with Crippen LogP contribution in [0.25, 0.3) is 0 Å². The average molecular weight is 619 g/mol. The molecule has 1 unspecified atom stereocenters. The number of rotatable bonds is 13. The van der Waals surface area contributed by atoms with Crippen LogP contribution in [-0.4, -0.2) is 50.5 Å². The van der Waals surface area contributed by atoms with Crippen molar-refractivity contribution < 1.29 is 22.4 Å². The molecule has 1 atom stereocenters. The summed E-state index contributed by atoms with van der Waals surface area (Å²) in [6.07, 6.45) is 2.80. The number of anilines is 1.